The summed E-state index contributed by atoms with van der Waals surface area (Å²) >= 11 is 0. The lowest BCUT2D eigenvalue weighted by molar-refractivity contribution is -0.122. The highest BCUT2D eigenvalue weighted by Gasteiger charge is 2.17. The molecule has 7 heteroatoms. The van der Waals surface area contributed by atoms with Crippen molar-refractivity contribution in [3.05, 3.63) is 78.7 Å². The fraction of sp³-hybridized carbons (Fsp3) is 0.240. The second kappa shape index (κ2) is 9.96. The van der Waals surface area contributed by atoms with E-state index in [2.05, 4.69) is 20.3 Å². The predicted molar refractivity (Wildman–Crippen MR) is 122 cm³/mol. The SMILES string of the molecule is CCC(NC(=O)CCc1ncc(-c2ccc(OC)cc2)o1)c1ncc(-c2ccccc2)[nH]1. The third kappa shape index (κ3) is 5.06. The van der Waals surface area contributed by atoms with Gasteiger partial charge in [-0.1, -0.05) is 37.3 Å². The van der Waals surface area contributed by atoms with Crippen LogP contribution in [-0.2, 0) is 11.2 Å². The van der Waals surface area contributed by atoms with Crippen LogP contribution in [0.25, 0.3) is 22.6 Å². The van der Waals surface area contributed by atoms with Gasteiger partial charge in [0, 0.05) is 18.4 Å². The van der Waals surface area contributed by atoms with Crippen LogP contribution in [0.15, 0.2) is 71.4 Å². The molecule has 4 aromatic rings. The molecule has 0 saturated carbocycles. The quantitative estimate of drug-likeness (QED) is 0.392. The smallest absolute Gasteiger partial charge is 0.221 e. The Morgan fingerprint density at radius 2 is 1.84 bits per heavy atom. The summed E-state index contributed by atoms with van der Waals surface area (Å²) in [6, 6.07) is 17.4. The van der Waals surface area contributed by atoms with Gasteiger partial charge in [0.05, 0.1) is 31.2 Å². The molecule has 0 saturated heterocycles. The number of hydrogen-bond donors (Lipinski definition) is 2. The maximum Gasteiger partial charge on any atom is 0.221 e. The summed E-state index contributed by atoms with van der Waals surface area (Å²) in [5.41, 5.74) is 2.90. The number of nitrogens with one attached hydrogen (secondary N) is 2. The Kier molecular flexibility index (Phi) is 6.65. The molecule has 164 valence electrons. The Morgan fingerprint density at radius 3 is 2.56 bits per heavy atom. The Hall–Kier alpha value is -3.87. The normalized spacial score (nSPS) is 11.8. The first-order chi connectivity index (χ1) is 15.7. The monoisotopic (exact) mass is 430 g/mol. The highest BCUT2D eigenvalue weighted by molar-refractivity contribution is 5.76. The lowest BCUT2D eigenvalue weighted by Gasteiger charge is -2.14. The van der Waals surface area contributed by atoms with Crippen LogP contribution in [0.1, 0.15) is 37.5 Å². The maximum atomic E-state index is 12.5. The van der Waals surface area contributed by atoms with Crippen molar-refractivity contribution < 1.29 is 13.9 Å². The second-order valence-corrected chi connectivity index (χ2v) is 7.42. The van der Waals surface area contributed by atoms with Gasteiger partial charge >= 0.3 is 0 Å². The zero-order valence-electron chi connectivity index (χ0n) is 18.2. The third-order valence-corrected chi connectivity index (χ3v) is 5.25. The van der Waals surface area contributed by atoms with Crippen LogP contribution in [0.5, 0.6) is 5.75 Å². The minimum absolute atomic E-state index is 0.0706. The van der Waals surface area contributed by atoms with Gasteiger partial charge in [-0.3, -0.25) is 4.79 Å². The number of aromatic amines is 1. The highest BCUT2D eigenvalue weighted by atomic mass is 16.5. The van der Waals surface area contributed by atoms with Crippen molar-refractivity contribution in [2.75, 3.05) is 7.11 Å². The van der Waals surface area contributed by atoms with Crippen LogP contribution in [0.4, 0.5) is 0 Å². The molecule has 2 N–H and O–H groups in total. The van der Waals surface area contributed by atoms with Crippen LogP contribution in [0, 0.1) is 0 Å². The van der Waals surface area contributed by atoms with Crippen molar-refractivity contribution in [1.29, 1.82) is 0 Å². The molecule has 32 heavy (non-hydrogen) atoms. The van der Waals surface area contributed by atoms with Gasteiger partial charge in [-0.05, 0) is 36.2 Å². The number of ether oxygens (including phenoxy) is 1. The predicted octanol–water partition coefficient (Wildman–Crippen LogP) is 4.94. The highest BCUT2D eigenvalue weighted by Crippen LogP contribution is 2.24. The van der Waals surface area contributed by atoms with Crippen LogP contribution in [-0.4, -0.2) is 28.0 Å². The number of methoxy groups -OCH3 is 1. The molecule has 0 aliphatic carbocycles. The number of imidazole rings is 1. The molecule has 0 aliphatic heterocycles. The van der Waals surface area contributed by atoms with Gasteiger partial charge < -0.3 is 19.5 Å². The minimum atomic E-state index is -0.181. The molecule has 2 aromatic carbocycles. The largest absolute Gasteiger partial charge is 0.497 e. The van der Waals surface area contributed by atoms with E-state index in [1.54, 1.807) is 19.5 Å². The zero-order chi connectivity index (χ0) is 22.3. The first kappa shape index (κ1) is 21.4. The molecule has 2 aromatic heterocycles. The number of carbonyl (C=O) groups excluding carboxylic acids is 1. The molecule has 0 radical (unpaired) electrons. The van der Waals surface area contributed by atoms with Gasteiger partial charge in [0.15, 0.2) is 11.7 Å². The first-order valence-corrected chi connectivity index (χ1v) is 10.6. The summed E-state index contributed by atoms with van der Waals surface area (Å²) in [4.78, 5) is 24.6. The lowest BCUT2D eigenvalue weighted by Crippen LogP contribution is -2.29. The van der Waals surface area contributed by atoms with Gasteiger partial charge in [-0.25, -0.2) is 9.97 Å². The van der Waals surface area contributed by atoms with Crippen molar-refractivity contribution >= 4 is 5.91 Å². The number of amides is 1. The molecule has 0 aliphatic rings. The number of hydrogen-bond acceptors (Lipinski definition) is 5. The first-order valence-electron chi connectivity index (χ1n) is 10.6. The molecular formula is C25H26N4O3. The fourth-order valence-electron chi connectivity index (χ4n) is 3.44. The van der Waals surface area contributed by atoms with E-state index >= 15 is 0 Å². The summed E-state index contributed by atoms with van der Waals surface area (Å²) in [7, 11) is 1.63. The molecule has 1 unspecified atom stereocenters. The molecule has 2 heterocycles. The van der Waals surface area contributed by atoms with E-state index < -0.39 is 0 Å². The Morgan fingerprint density at radius 1 is 1.06 bits per heavy atom. The molecule has 0 spiro atoms. The number of aryl methyl sites for hydroxylation is 1. The summed E-state index contributed by atoms with van der Waals surface area (Å²) in [5, 5.41) is 3.05. The summed E-state index contributed by atoms with van der Waals surface area (Å²) < 4.78 is 11.0. The van der Waals surface area contributed by atoms with Crippen molar-refractivity contribution in [2.45, 2.75) is 32.2 Å². The van der Waals surface area contributed by atoms with E-state index in [0.29, 0.717) is 18.1 Å². The van der Waals surface area contributed by atoms with Crippen LogP contribution >= 0.6 is 0 Å². The number of rotatable bonds is 9. The number of oxazole rings is 1. The standard InChI is InChI=1S/C25H26N4O3/c1-3-20(25-27-15-21(29-25)17-7-5-4-6-8-17)28-23(30)13-14-24-26-16-22(32-24)18-9-11-19(31-2)12-10-18/h4-12,15-16,20H,3,13-14H2,1-2H3,(H,27,29)(H,28,30). The van der Waals surface area contributed by atoms with Gasteiger partial charge in [0.1, 0.15) is 11.6 Å². The van der Waals surface area contributed by atoms with Gasteiger partial charge in [-0.15, -0.1) is 0 Å². The molecule has 0 fully saturated rings. The van der Waals surface area contributed by atoms with Crippen molar-refractivity contribution in [3.63, 3.8) is 0 Å². The van der Waals surface area contributed by atoms with Gasteiger partial charge in [0.25, 0.3) is 0 Å². The van der Waals surface area contributed by atoms with Crippen LogP contribution < -0.4 is 10.1 Å². The number of carbonyl (C=O) groups is 1. The van der Waals surface area contributed by atoms with Gasteiger partial charge in [0.2, 0.25) is 5.91 Å². The van der Waals surface area contributed by atoms with Crippen molar-refractivity contribution in [2.24, 2.45) is 0 Å². The Balaban J connectivity index is 1.33. The average Bonchev–Trinajstić information content (AvgIpc) is 3.52. The van der Waals surface area contributed by atoms with Crippen LogP contribution in [0.2, 0.25) is 0 Å². The Labute approximate surface area is 186 Å². The molecule has 4 rings (SSSR count). The minimum Gasteiger partial charge on any atom is -0.497 e. The van der Waals surface area contributed by atoms with E-state index in [4.69, 9.17) is 9.15 Å². The number of H-pyrrole nitrogens is 1. The van der Waals surface area contributed by atoms with Crippen molar-refractivity contribution in [1.82, 2.24) is 20.3 Å². The number of benzene rings is 2. The van der Waals surface area contributed by atoms with Crippen LogP contribution in [0.3, 0.4) is 0 Å². The van der Waals surface area contributed by atoms with Crippen molar-refractivity contribution in [3.8, 4) is 28.3 Å². The second-order valence-electron chi connectivity index (χ2n) is 7.42. The van der Waals surface area contributed by atoms with E-state index in [9.17, 15) is 4.79 Å². The molecule has 1 amide bonds. The molecule has 7 nitrogen and oxygen atoms in total. The summed E-state index contributed by atoms with van der Waals surface area (Å²) in [6.45, 7) is 2.02. The average molecular weight is 431 g/mol. The van der Waals surface area contributed by atoms with Gasteiger partial charge in [-0.2, -0.15) is 0 Å². The molecular weight excluding hydrogens is 404 g/mol. The van der Waals surface area contributed by atoms with E-state index in [-0.39, 0.29) is 18.4 Å². The number of aromatic nitrogens is 3. The topological polar surface area (TPSA) is 93.0 Å². The Bertz CT molecular complexity index is 1150. The fourth-order valence-corrected chi connectivity index (χ4v) is 3.44. The molecule has 0 bridgehead atoms. The molecule has 1 atom stereocenters. The summed E-state index contributed by atoms with van der Waals surface area (Å²) in [5.74, 6) is 2.65. The lowest BCUT2D eigenvalue weighted by atomic mass is 10.2. The van der Waals surface area contributed by atoms with E-state index in [1.165, 1.54) is 0 Å². The maximum absolute atomic E-state index is 12.5. The van der Waals surface area contributed by atoms with E-state index in [0.717, 1.165) is 34.8 Å². The number of nitrogens with zero attached hydrogens (tertiary/aromatic N) is 2. The summed E-state index contributed by atoms with van der Waals surface area (Å²) in [6.07, 6.45) is 4.91. The van der Waals surface area contributed by atoms with E-state index in [1.807, 2.05) is 61.5 Å². The zero-order valence-corrected chi connectivity index (χ0v) is 18.2. The third-order valence-electron chi connectivity index (χ3n) is 5.25.